The van der Waals surface area contributed by atoms with Crippen LogP contribution in [0.4, 0.5) is 10.1 Å². The van der Waals surface area contributed by atoms with Gasteiger partial charge in [0.1, 0.15) is 11.9 Å². The smallest absolute Gasteiger partial charge is 0.244 e. The Labute approximate surface area is 170 Å². The zero-order chi connectivity index (χ0) is 21.0. The molecule has 1 atom stereocenters. The number of nitrogens with one attached hydrogen (secondary N) is 1. The molecule has 3 rings (SSSR count). The lowest BCUT2D eigenvalue weighted by Crippen LogP contribution is -2.49. The van der Waals surface area contributed by atoms with Crippen LogP contribution in [-0.2, 0) is 21.4 Å². The number of rotatable bonds is 7. The zero-order valence-corrected chi connectivity index (χ0v) is 17.1. The molecule has 29 heavy (non-hydrogen) atoms. The molecular weight excluding hydrogens is 391 g/mol. The highest BCUT2D eigenvalue weighted by Crippen LogP contribution is 2.25. The molecule has 0 heterocycles. The average molecular weight is 415 g/mol. The Balaban J connectivity index is 1.88. The molecule has 0 aliphatic rings. The van der Waals surface area contributed by atoms with Crippen molar-refractivity contribution in [3.8, 4) is 0 Å². The van der Waals surface area contributed by atoms with E-state index in [4.69, 9.17) is 0 Å². The number of para-hydroxylation sites is 1. The molecule has 0 saturated carbocycles. The number of hydrogen-bond donors (Lipinski definition) is 1. The van der Waals surface area contributed by atoms with Crippen molar-refractivity contribution >= 4 is 32.4 Å². The van der Waals surface area contributed by atoms with Crippen LogP contribution in [0.2, 0.25) is 0 Å². The molecule has 0 aromatic heterocycles. The Morgan fingerprint density at radius 3 is 2.38 bits per heavy atom. The Morgan fingerprint density at radius 1 is 1.03 bits per heavy atom. The summed E-state index contributed by atoms with van der Waals surface area (Å²) in [5.41, 5.74) is 0.783. The number of carbonyl (C=O) groups excluding carboxylic acids is 1. The highest BCUT2D eigenvalue weighted by Gasteiger charge is 2.32. The van der Waals surface area contributed by atoms with Gasteiger partial charge in [-0.1, -0.05) is 61.5 Å². The van der Waals surface area contributed by atoms with Crippen LogP contribution in [0, 0.1) is 5.82 Å². The largest absolute Gasteiger partial charge is 0.350 e. The van der Waals surface area contributed by atoms with Gasteiger partial charge in [0.15, 0.2) is 0 Å². The highest BCUT2D eigenvalue weighted by atomic mass is 32.2. The van der Waals surface area contributed by atoms with Gasteiger partial charge in [0.25, 0.3) is 0 Å². The van der Waals surface area contributed by atoms with Gasteiger partial charge < -0.3 is 5.32 Å². The van der Waals surface area contributed by atoms with Crippen molar-refractivity contribution in [2.24, 2.45) is 0 Å². The van der Waals surface area contributed by atoms with Crippen molar-refractivity contribution in [2.75, 3.05) is 10.6 Å². The number of benzene rings is 3. The van der Waals surface area contributed by atoms with Crippen LogP contribution >= 0.6 is 0 Å². The van der Waals surface area contributed by atoms with Gasteiger partial charge in [0.2, 0.25) is 15.9 Å². The van der Waals surface area contributed by atoms with Crippen LogP contribution in [0.5, 0.6) is 0 Å². The third kappa shape index (κ3) is 4.56. The molecule has 7 heteroatoms. The molecule has 0 fully saturated rings. The summed E-state index contributed by atoms with van der Waals surface area (Å²) in [6.07, 6.45) is 1.17. The number of fused-ring (bicyclic) bond motifs is 1. The van der Waals surface area contributed by atoms with Crippen LogP contribution in [0.1, 0.15) is 18.9 Å². The fraction of sp³-hybridized carbons (Fsp3) is 0.227. The summed E-state index contributed by atoms with van der Waals surface area (Å²) in [5, 5.41) is 4.88. The second kappa shape index (κ2) is 8.61. The molecule has 3 aromatic rings. The van der Waals surface area contributed by atoms with E-state index >= 15 is 0 Å². The van der Waals surface area contributed by atoms with Gasteiger partial charge in [0.05, 0.1) is 11.9 Å². The molecule has 1 amide bonds. The molecule has 3 aromatic carbocycles. The fourth-order valence-corrected chi connectivity index (χ4v) is 4.63. The zero-order valence-electron chi connectivity index (χ0n) is 16.3. The quantitative estimate of drug-likeness (QED) is 0.639. The average Bonchev–Trinajstić information content (AvgIpc) is 2.70. The third-order valence-electron chi connectivity index (χ3n) is 4.75. The first kappa shape index (κ1) is 20.8. The molecular formula is C22H23FN2O3S. The molecule has 1 N–H and O–H groups in total. The lowest BCUT2D eigenvalue weighted by Gasteiger charge is -2.30. The maximum absolute atomic E-state index is 14.3. The van der Waals surface area contributed by atoms with Gasteiger partial charge in [-0.2, -0.15) is 0 Å². The fourth-order valence-electron chi connectivity index (χ4n) is 3.41. The van der Waals surface area contributed by atoms with Gasteiger partial charge in [-0.05, 0) is 34.9 Å². The van der Waals surface area contributed by atoms with Crippen molar-refractivity contribution < 1.29 is 17.6 Å². The predicted molar refractivity (Wildman–Crippen MR) is 114 cm³/mol. The van der Waals surface area contributed by atoms with Crippen LogP contribution in [0.15, 0.2) is 66.7 Å². The van der Waals surface area contributed by atoms with Crippen LogP contribution < -0.4 is 9.62 Å². The van der Waals surface area contributed by atoms with E-state index < -0.39 is 27.8 Å². The standard InChI is InChI=1S/C22H23FN2O3S/c1-3-20(25(29(2,27)28)21-14-7-6-13-19(21)23)22(26)24-15-17-11-8-10-16-9-4-5-12-18(16)17/h4-14,20H,3,15H2,1-2H3,(H,24,26)/t20-/m1/s1. The number of anilines is 1. The maximum Gasteiger partial charge on any atom is 0.244 e. The van der Waals surface area contributed by atoms with E-state index in [0.29, 0.717) is 0 Å². The van der Waals surface area contributed by atoms with Crippen LogP contribution in [0.25, 0.3) is 10.8 Å². The molecule has 0 saturated heterocycles. The SMILES string of the molecule is CC[C@H](C(=O)NCc1cccc2ccccc12)N(c1ccccc1F)S(C)(=O)=O. The minimum absolute atomic E-state index is 0.137. The summed E-state index contributed by atoms with van der Waals surface area (Å²) in [6, 6.07) is 18.1. The summed E-state index contributed by atoms with van der Waals surface area (Å²) >= 11 is 0. The summed E-state index contributed by atoms with van der Waals surface area (Å²) in [5.74, 6) is -1.17. The Bertz CT molecular complexity index is 1130. The van der Waals surface area contributed by atoms with Crippen molar-refractivity contribution in [1.82, 2.24) is 5.32 Å². The Morgan fingerprint density at radius 2 is 1.69 bits per heavy atom. The van der Waals surface area contributed by atoms with Gasteiger partial charge in [0, 0.05) is 6.54 Å². The second-order valence-corrected chi connectivity index (χ2v) is 8.65. The summed E-state index contributed by atoms with van der Waals surface area (Å²) in [7, 11) is -3.88. The number of nitrogens with zero attached hydrogens (tertiary/aromatic N) is 1. The summed E-state index contributed by atoms with van der Waals surface area (Å²) in [6.45, 7) is 1.94. The van der Waals surface area contributed by atoms with E-state index in [1.807, 2.05) is 42.5 Å². The highest BCUT2D eigenvalue weighted by molar-refractivity contribution is 7.92. The van der Waals surface area contributed by atoms with Gasteiger partial charge >= 0.3 is 0 Å². The number of hydrogen-bond acceptors (Lipinski definition) is 3. The van der Waals surface area contributed by atoms with E-state index in [9.17, 15) is 17.6 Å². The van der Waals surface area contributed by atoms with E-state index in [1.165, 1.54) is 24.3 Å². The Kier molecular flexibility index (Phi) is 6.17. The molecule has 0 unspecified atom stereocenters. The summed E-state index contributed by atoms with van der Waals surface area (Å²) in [4.78, 5) is 12.9. The summed E-state index contributed by atoms with van der Waals surface area (Å²) < 4.78 is 40.0. The van der Waals surface area contributed by atoms with E-state index in [2.05, 4.69) is 5.32 Å². The molecule has 0 aliphatic heterocycles. The van der Waals surface area contributed by atoms with Crippen molar-refractivity contribution in [2.45, 2.75) is 25.9 Å². The van der Waals surface area contributed by atoms with Crippen molar-refractivity contribution in [1.29, 1.82) is 0 Å². The second-order valence-electron chi connectivity index (χ2n) is 6.79. The van der Waals surface area contributed by atoms with Gasteiger partial charge in [-0.3, -0.25) is 9.10 Å². The molecule has 0 spiro atoms. The van der Waals surface area contributed by atoms with E-state index in [0.717, 1.165) is 26.9 Å². The molecule has 0 radical (unpaired) electrons. The molecule has 152 valence electrons. The predicted octanol–water partition coefficient (Wildman–Crippen LogP) is 3.84. The van der Waals surface area contributed by atoms with E-state index in [-0.39, 0.29) is 18.7 Å². The number of halogens is 1. The number of carbonyl (C=O) groups is 1. The number of sulfonamides is 1. The van der Waals surface area contributed by atoms with Crippen molar-refractivity contribution in [3.63, 3.8) is 0 Å². The van der Waals surface area contributed by atoms with Gasteiger partial charge in [-0.15, -0.1) is 0 Å². The van der Waals surface area contributed by atoms with Crippen LogP contribution in [0.3, 0.4) is 0 Å². The molecule has 5 nitrogen and oxygen atoms in total. The minimum atomic E-state index is -3.88. The van der Waals surface area contributed by atoms with Gasteiger partial charge in [-0.25, -0.2) is 12.8 Å². The monoisotopic (exact) mass is 414 g/mol. The topological polar surface area (TPSA) is 66.5 Å². The first-order valence-corrected chi connectivity index (χ1v) is 11.2. The Hall–Kier alpha value is -2.93. The maximum atomic E-state index is 14.3. The normalized spacial score (nSPS) is 12.5. The third-order valence-corrected chi connectivity index (χ3v) is 5.92. The van der Waals surface area contributed by atoms with Crippen molar-refractivity contribution in [3.05, 3.63) is 78.1 Å². The molecule has 0 aliphatic carbocycles. The first-order chi connectivity index (χ1) is 13.8. The molecule has 0 bridgehead atoms. The minimum Gasteiger partial charge on any atom is -0.350 e. The first-order valence-electron chi connectivity index (χ1n) is 9.31. The lowest BCUT2D eigenvalue weighted by molar-refractivity contribution is -0.122. The number of amides is 1. The van der Waals surface area contributed by atoms with E-state index in [1.54, 1.807) is 6.92 Å². The van der Waals surface area contributed by atoms with Crippen LogP contribution in [-0.4, -0.2) is 26.6 Å². The lowest BCUT2D eigenvalue weighted by atomic mass is 10.0.